The van der Waals surface area contributed by atoms with Crippen molar-refractivity contribution < 1.29 is 33.3 Å². The molecule has 2 aromatic carbocycles. The van der Waals surface area contributed by atoms with Gasteiger partial charge in [-0.25, -0.2) is 0 Å². The Balaban J connectivity index is 1.59. The molecule has 1 heterocycles. The summed E-state index contributed by atoms with van der Waals surface area (Å²) >= 11 is 0. The SMILES string of the molecule is CCOc1cc(N2CCOCC2)c(OCC)cc1NC(=O)COC(=O)CNC(=O)c1ccc(C)cc1. The van der Waals surface area contributed by atoms with E-state index in [0.29, 0.717) is 62.3 Å². The van der Waals surface area contributed by atoms with Crippen LogP contribution in [0.2, 0.25) is 0 Å². The number of nitrogens with zero attached hydrogens (tertiary/aromatic N) is 1. The first-order valence-corrected chi connectivity index (χ1v) is 12.0. The van der Waals surface area contributed by atoms with Crippen molar-refractivity contribution in [1.82, 2.24) is 5.32 Å². The van der Waals surface area contributed by atoms with Gasteiger partial charge in [0.15, 0.2) is 6.61 Å². The number of hydrogen-bond acceptors (Lipinski definition) is 8. The van der Waals surface area contributed by atoms with Crippen LogP contribution in [0.1, 0.15) is 29.8 Å². The molecule has 10 nitrogen and oxygen atoms in total. The van der Waals surface area contributed by atoms with Crippen LogP contribution in [0, 0.1) is 6.92 Å². The number of anilines is 2. The van der Waals surface area contributed by atoms with Crippen LogP contribution in [0.4, 0.5) is 11.4 Å². The van der Waals surface area contributed by atoms with Gasteiger partial charge in [-0.3, -0.25) is 14.4 Å². The minimum atomic E-state index is -0.728. The molecule has 0 bridgehead atoms. The van der Waals surface area contributed by atoms with Crippen molar-refractivity contribution >= 4 is 29.2 Å². The van der Waals surface area contributed by atoms with Crippen LogP contribution in [0.25, 0.3) is 0 Å². The van der Waals surface area contributed by atoms with E-state index in [4.69, 9.17) is 18.9 Å². The van der Waals surface area contributed by atoms with E-state index < -0.39 is 24.4 Å². The molecule has 0 aromatic heterocycles. The molecule has 194 valence electrons. The molecule has 2 aromatic rings. The first-order chi connectivity index (χ1) is 17.4. The lowest BCUT2D eigenvalue weighted by atomic mass is 10.1. The second-order valence-electron chi connectivity index (χ2n) is 8.04. The van der Waals surface area contributed by atoms with Gasteiger partial charge in [0.25, 0.3) is 11.8 Å². The number of carbonyl (C=O) groups is 3. The van der Waals surface area contributed by atoms with E-state index in [1.54, 1.807) is 30.3 Å². The van der Waals surface area contributed by atoms with Gasteiger partial charge in [-0.1, -0.05) is 17.7 Å². The summed E-state index contributed by atoms with van der Waals surface area (Å²) in [5.41, 5.74) is 2.72. The van der Waals surface area contributed by atoms with E-state index in [-0.39, 0.29) is 6.54 Å². The maximum atomic E-state index is 12.5. The molecule has 0 saturated carbocycles. The zero-order valence-corrected chi connectivity index (χ0v) is 20.9. The highest BCUT2D eigenvalue weighted by Gasteiger charge is 2.21. The fourth-order valence-corrected chi connectivity index (χ4v) is 3.59. The molecule has 0 spiro atoms. The van der Waals surface area contributed by atoms with Crippen molar-refractivity contribution in [2.75, 3.05) is 62.9 Å². The van der Waals surface area contributed by atoms with Gasteiger partial charge in [0.1, 0.15) is 18.0 Å². The summed E-state index contributed by atoms with van der Waals surface area (Å²) in [6, 6.07) is 10.5. The van der Waals surface area contributed by atoms with Crippen molar-refractivity contribution in [3.05, 3.63) is 47.5 Å². The van der Waals surface area contributed by atoms with Crippen LogP contribution >= 0.6 is 0 Å². The van der Waals surface area contributed by atoms with Crippen molar-refractivity contribution in [1.29, 1.82) is 0 Å². The van der Waals surface area contributed by atoms with E-state index in [9.17, 15) is 14.4 Å². The first kappa shape index (κ1) is 26.8. The Kier molecular flexibility index (Phi) is 9.93. The molecule has 1 aliphatic heterocycles. The summed E-state index contributed by atoms with van der Waals surface area (Å²) in [6.45, 7) is 8.29. The van der Waals surface area contributed by atoms with Crippen LogP contribution in [-0.4, -0.2) is 70.5 Å². The maximum absolute atomic E-state index is 12.5. The average molecular weight is 500 g/mol. The molecular formula is C26H33N3O7. The number of carbonyl (C=O) groups excluding carboxylic acids is 3. The second kappa shape index (κ2) is 13.3. The van der Waals surface area contributed by atoms with E-state index in [1.165, 1.54) is 0 Å². The molecule has 1 fully saturated rings. The maximum Gasteiger partial charge on any atom is 0.325 e. The summed E-state index contributed by atoms with van der Waals surface area (Å²) in [4.78, 5) is 38.8. The summed E-state index contributed by atoms with van der Waals surface area (Å²) in [7, 11) is 0. The third kappa shape index (κ3) is 7.61. The van der Waals surface area contributed by atoms with Crippen LogP contribution in [0.15, 0.2) is 36.4 Å². The molecule has 1 saturated heterocycles. The Labute approximate surface area is 210 Å². The van der Waals surface area contributed by atoms with E-state index in [2.05, 4.69) is 15.5 Å². The van der Waals surface area contributed by atoms with Gasteiger partial charge in [0.2, 0.25) is 0 Å². The largest absolute Gasteiger partial charge is 0.492 e. The molecule has 0 unspecified atom stereocenters. The quantitative estimate of drug-likeness (QED) is 0.454. The lowest BCUT2D eigenvalue weighted by molar-refractivity contribution is -0.146. The normalized spacial score (nSPS) is 13.0. The number of amides is 2. The van der Waals surface area contributed by atoms with Crippen LogP contribution in [-0.2, 0) is 19.1 Å². The van der Waals surface area contributed by atoms with E-state index in [0.717, 1.165) is 11.3 Å². The minimum Gasteiger partial charge on any atom is -0.492 e. The number of benzene rings is 2. The number of morpholine rings is 1. The average Bonchev–Trinajstić information content (AvgIpc) is 2.88. The van der Waals surface area contributed by atoms with Crippen LogP contribution < -0.4 is 25.0 Å². The molecule has 2 amide bonds. The van der Waals surface area contributed by atoms with E-state index >= 15 is 0 Å². The van der Waals surface area contributed by atoms with Crippen LogP contribution in [0.5, 0.6) is 11.5 Å². The van der Waals surface area contributed by atoms with Crippen LogP contribution in [0.3, 0.4) is 0 Å². The van der Waals surface area contributed by atoms with Crippen molar-refractivity contribution in [2.45, 2.75) is 20.8 Å². The second-order valence-corrected chi connectivity index (χ2v) is 8.04. The van der Waals surface area contributed by atoms with Crippen molar-refractivity contribution in [2.24, 2.45) is 0 Å². The Morgan fingerprint density at radius 1 is 0.972 bits per heavy atom. The van der Waals surface area contributed by atoms with Gasteiger partial charge in [-0.2, -0.15) is 0 Å². The van der Waals surface area contributed by atoms with Gasteiger partial charge in [0.05, 0.1) is 37.8 Å². The molecule has 10 heteroatoms. The molecule has 3 rings (SSSR count). The Morgan fingerprint density at radius 2 is 1.64 bits per heavy atom. The summed E-state index contributed by atoms with van der Waals surface area (Å²) < 4.78 is 22.0. The lowest BCUT2D eigenvalue weighted by Crippen LogP contribution is -2.36. The highest BCUT2D eigenvalue weighted by atomic mass is 16.5. The number of hydrogen-bond donors (Lipinski definition) is 2. The number of aryl methyl sites for hydroxylation is 1. The standard InChI is InChI=1S/C26H33N3O7/c1-4-34-22-15-21(29-10-12-33-13-11-29)23(35-5-2)14-20(22)28-24(30)17-36-25(31)16-27-26(32)19-8-6-18(3)7-9-19/h6-9,14-15H,4-5,10-13,16-17H2,1-3H3,(H,27,32)(H,28,30). The van der Waals surface area contributed by atoms with Gasteiger partial charge in [0, 0.05) is 30.8 Å². The Hall–Kier alpha value is -3.79. The highest BCUT2D eigenvalue weighted by Crippen LogP contribution is 2.39. The Bertz CT molecular complexity index is 1050. The molecular weight excluding hydrogens is 466 g/mol. The van der Waals surface area contributed by atoms with Crippen molar-refractivity contribution in [3.8, 4) is 11.5 Å². The monoisotopic (exact) mass is 499 g/mol. The third-order valence-corrected chi connectivity index (χ3v) is 5.36. The molecule has 0 radical (unpaired) electrons. The number of esters is 1. The van der Waals surface area contributed by atoms with Gasteiger partial charge in [-0.05, 0) is 32.9 Å². The molecule has 2 N–H and O–H groups in total. The van der Waals surface area contributed by atoms with Gasteiger partial charge in [-0.15, -0.1) is 0 Å². The number of ether oxygens (including phenoxy) is 4. The zero-order valence-electron chi connectivity index (χ0n) is 20.9. The van der Waals surface area contributed by atoms with E-state index in [1.807, 2.05) is 26.8 Å². The highest BCUT2D eigenvalue weighted by molar-refractivity contribution is 5.97. The first-order valence-electron chi connectivity index (χ1n) is 12.0. The topological polar surface area (TPSA) is 115 Å². The smallest absolute Gasteiger partial charge is 0.325 e. The molecule has 0 aliphatic carbocycles. The predicted octanol–water partition coefficient (Wildman–Crippen LogP) is 2.54. The molecule has 0 atom stereocenters. The summed E-state index contributed by atoms with van der Waals surface area (Å²) in [5.74, 6) is -0.591. The minimum absolute atomic E-state index is 0.354. The Morgan fingerprint density at radius 3 is 2.31 bits per heavy atom. The fourth-order valence-electron chi connectivity index (χ4n) is 3.59. The third-order valence-electron chi connectivity index (χ3n) is 5.36. The molecule has 36 heavy (non-hydrogen) atoms. The zero-order chi connectivity index (χ0) is 25.9. The predicted molar refractivity (Wildman–Crippen MR) is 135 cm³/mol. The van der Waals surface area contributed by atoms with Gasteiger partial charge >= 0.3 is 5.97 Å². The number of nitrogens with one attached hydrogen (secondary N) is 2. The summed E-state index contributed by atoms with van der Waals surface area (Å²) in [6.07, 6.45) is 0. The lowest BCUT2D eigenvalue weighted by Gasteiger charge is -2.31. The summed E-state index contributed by atoms with van der Waals surface area (Å²) in [5, 5.41) is 5.21. The number of rotatable bonds is 11. The fraction of sp³-hybridized carbons (Fsp3) is 0.423. The van der Waals surface area contributed by atoms with Gasteiger partial charge < -0.3 is 34.5 Å². The molecule has 1 aliphatic rings. The van der Waals surface area contributed by atoms with Crippen molar-refractivity contribution in [3.63, 3.8) is 0 Å².